The van der Waals surface area contributed by atoms with Gasteiger partial charge < -0.3 is 14.4 Å². The number of hydrogen-bond donors (Lipinski definition) is 1. The van der Waals surface area contributed by atoms with Gasteiger partial charge in [0.1, 0.15) is 18.1 Å². The highest BCUT2D eigenvalue weighted by atomic mass is 19.1. The molecule has 1 fully saturated rings. The summed E-state index contributed by atoms with van der Waals surface area (Å²) in [6.07, 6.45) is 3.29. The lowest BCUT2D eigenvalue weighted by Crippen LogP contribution is -2.42. The zero-order valence-electron chi connectivity index (χ0n) is 23.4. The van der Waals surface area contributed by atoms with E-state index < -0.39 is 17.6 Å². The lowest BCUT2D eigenvalue weighted by Gasteiger charge is -2.25. The van der Waals surface area contributed by atoms with Crippen LogP contribution in [-0.4, -0.2) is 59.2 Å². The Labute approximate surface area is 238 Å². The maximum absolute atomic E-state index is 14.5. The van der Waals surface area contributed by atoms with Gasteiger partial charge in [-0.05, 0) is 86.3 Å². The van der Waals surface area contributed by atoms with Gasteiger partial charge in [0.2, 0.25) is 11.9 Å². The third-order valence-corrected chi connectivity index (χ3v) is 7.29. The van der Waals surface area contributed by atoms with Crippen molar-refractivity contribution in [1.82, 2.24) is 14.5 Å². The van der Waals surface area contributed by atoms with Crippen molar-refractivity contribution in [3.05, 3.63) is 95.4 Å². The Hall–Kier alpha value is -4.50. The summed E-state index contributed by atoms with van der Waals surface area (Å²) >= 11 is 0. The van der Waals surface area contributed by atoms with Gasteiger partial charge in [-0.2, -0.15) is 0 Å². The molecular formula is C32H33FN4O4. The monoisotopic (exact) mass is 556 g/mol. The molecule has 0 radical (unpaired) electrons. The van der Waals surface area contributed by atoms with Gasteiger partial charge >= 0.3 is 0 Å². The number of carbonyl (C=O) groups is 2. The number of carbonyl (C=O) groups excluding carboxylic acids is 2. The Morgan fingerprint density at radius 3 is 2.56 bits per heavy atom. The maximum Gasteiger partial charge on any atom is 0.257 e. The highest BCUT2D eigenvalue weighted by Crippen LogP contribution is 2.27. The number of imidazole rings is 1. The number of amides is 2. The summed E-state index contributed by atoms with van der Waals surface area (Å²) < 4.78 is 27.3. The summed E-state index contributed by atoms with van der Waals surface area (Å²) in [7, 11) is 1.61. The van der Waals surface area contributed by atoms with E-state index in [-0.39, 0.29) is 24.8 Å². The molecule has 1 saturated heterocycles. The molecule has 41 heavy (non-hydrogen) atoms. The molecule has 5 rings (SSSR count). The van der Waals surface area contributed by atoms with Crippen LogP contribution in [0.15, 0.2) is 72.9 Å². The first-order valence-electron chi connectivity index (χ1n) is 13.6. The maximum atomic E-state index is 14.5. The summed E-state index contributed by atoms with van der Waals surface area (Å²) in [6, 6.07) is 19.3. The van der Waals surface area contributed by atoms with Gasteiger partial charge in [-0.25, -0.2) is 9.37 Å². The van der Waals surface area contributed by atoms with E-state index in [1.807, 2.05) is 67.1 Å². The number of methoxy groups -OCH3 is 1. The quantitative estimate of drug-likeness (QED) is 0.292. The van der Waals surface area contributed by atoms with E-state index in [1.165, 1.54) is 23.1 Å². The van der Waals surface area contributed by atoms with Crippen LogP contribution in [0.4, 0.5) is 10.3 Å². The normalized spacial score (nSPS) is 14.6. The molecule has 0 unspecified atom stereocenters. The van der Waals surface area contributed by atoms with Gasteiger partial charge in [-0.15, -0.1) is 0 Å². The largest absolute Gasteiger partial charge is 0.497 e. The first-order valence-corrected chi connectivity index (χ1v) is 13.6. The lowest BCUT2D eigenvalue weighted by atomic mass is 10.1. The van der Waals surface area contributed by atoms with Crippen LogP contribution in [-0.2, 0) is 9.53 Å². The van der Waals surface area contributed by atoms with E-state index in [0.717, 1.165) is 41.0 Å². The fourth-order valence-electron chi connectivity index (χ4n) is 4.84. The SMILES string of the molecule is COc1ccc(-c2cn(-c3ccc(C)c(C)c3)c(NC(=O)CN(C[C@@H]3CCCO3)C(=O)c3ccccc3F)n2)cc1. The predicted octanol–water partition coefficient (Wildman–Crippen LogP) is 5.56. The lowest BCUT2D eigenvalue weighted by molar-refractivity contribution is -0.117. The van der Waals surface area contributed by atoms with Crippen molar-refractivity contribution in [3.8, 4) is 22.7 Å². The number of ether oxygens (including phenoxy) is 2. The van der Waals surface area contributed by atoms with Crippen molar-refractivity contribution in [3.63, 3.8) is 0 Å². The number of nitrogens with one attached hydrogen (secondary N) is 1. The van der Waals surface area contributed by atoms with E-state index in [4.69, 9.17) is 14.5 Å². The predicted molar refractivity (Wildman–Crippen MR) is 155 cm³/mol. The molecule has 0 spiro atoms. The van der Waals surface area contributed by atoms with Gasteiger partial charge in [0.15, 0.2) is 0 Å². The van der Waals surface area contributed by atoms with Crippen molar-refractivity contribution in [2.75, 3.05) is 32.1 Å². The summed E-state index contributed by atoms with van der Waals surface area (Å²) in [5.74, 6) is -0.624. The fourth-order valence-corrected chi connectivity index (χ4v) is 4.84. The first kappa shape index (κ1) is 28.0. The van der Waals surface area contributed by atoms with Crippen LogP contribution in [0.5, 0.6) is 5.75 Å². The van der Waals surface area contributed by atoms with Crippen LogP contribution in [0.2, 0.25) is 0 Å². The van der Waals surface area contributed by atoms with Crippen molar-refractivity contribution >= 4 is 17.8 Å². The average molecular weight is 557 g/mol. The molecular weight excluding hydrogens is 523 g/mol. The Kier molecular flexibility index (Phi) is 8.45. The van der Waals surface area contributed by atoms with Crippen LogP contribution in [0, 0.1) is 19.7 Å². The molecule has 1 aromatic heterocycles. The van der Waals surface area contributed by atoms with E-state index in [0.29, 0.717) is 18.2 Å². The van der Waals surface area contributed by atoms with Crippen LogP contribution < -0.4 is 10.1 Å². The molecule has 1 atom stereocenters. The number of rotatable bonds is 9. The zero-order chi connectivity index (χ0) is 28.9. The fraction of sp³-hybridized carbons (Fsp3) is 0.281. The topological polar surface area (TPSA) is 85.7 Å². The number of benzene rings is 3. The van der Waals surface area contributed by atoms with Crippen LogP contribution in [0.25, 0.3) is 16.9 Å². The molecule has 8 nitrogen and oxygen atoms in total. The third kappa shape index (κ3) is 6.47. The number of halogens is 1. The van der Waals surface area contributed by atoms with Crippen LogP contribution in [0.1, 0.15) is 34.3 Å². The second-order valence-electron chi connectivity index (χ2n) is 10.2. The second kappa shape index (κ2) is 12.3. The molecule has 2 heterocycles. The Bertz CT molecular complexity index is 1540. The van der Waals surface area contributed by atoms with Gasteiger partial charge in [0.25, 0.3) is 5.91 Å². The Morgan fingerprint density at radius 1 is 1.10 bits per heavy atom. The van der Waals surface area contributed by atoms with Gasteiger partial charge in [-0.1, -0.05) is 18.2 Å². The molecule has 0 aliphatic carbocycles. The molecule has 4 aromatic rings. The molecule has 1 N–H and O–H groups in total. The molecule has 1 aliphatic rings. The summed E-state index contributed by atoms with van der Waals surface area (Å²) in [4.78, 5) is 32.9. The standard InChI is InChI=1S/C32H33FN4O4/c1-21-10-13-24(17-22(21)2)37-19-29(23-11-14-25(40-3)15-12-23)34-32(37)35-30(38)20-36(18-26-7-6-16-41-26)31(39)27-8-4-5-9-28(27)33/h4-5,8-15,17,19,26H,6-7,16,18,20H2,1-3H3,(H,34,35,38)/t26-/m0/s1. The summed E-state index contributed by atoms with van der Waals surface area (Å²) in [5, 5.41) is 2.89. The van der Waals surface area contributed by atoms with Crippen molar-refractivity contribution in [2.45, 2.75) is 32.8 Å². The van der Waals surface area contributed by atoms with Crippen LogP contribution in [0.3, 0.4) is 0 Å². The van der Waals surface area contributed by atoms with Crippen molar-refractivity contribution < 1.29 is 23.5 Å². The van der Waals surface area contributed by atoms with E-state index in [2.05, 4.69) is 5.32 Å². The minimum Gasteiger partial charge on any atom is -0.497 e. The molecule has 212 valence electrons. The van der Waals surface area contributed by atoms with Crippen molar-refractivity contribution in [2.24, 2.45) is 0 Å². The first-order chi connectivity index (χ1) is 19.8. The number of nitrogens with zero attached hydrogens (tertiary/aromatic N) is 3. The number of aromatic nitrogens is 2. The highest BCUT2D eigenvalue weighted by molar-refractivity contribution is 5.99. The van der Waals surface area contributed by atoms with Gasteiger partial charge in [-0.3, -0.25) is 19.5 Å². The van der Waals surface area contributed by atoms with Crippen molar-refractivity contribution in [1.29, 1.82) is 0 Å². The molecule has 1 aliphatic heterocycles. The summed E-state index contributed by atoms with van der Waals surface area (Å²) in [5.41, 5.74) is 4.48. The molecule has 0 bridgehead atoms. The average Bonchev–Trinajstić information content (AvgIpc) is 3.64. The zero-order valence-corrected chi connectivity index (χ0v) is 23.4. The Morgan fingerprint density at radius 2 is 1.88 bits per heavy atom. The minimum atomic E-state index is -0.635. The summed E-state index contributed by atoms with van der Waals surface area (Å²) in [6.45, 7) is 4.55. The molecule has 3 aromatic carbocycles. The third-order valence-electron chi connectivity index (χ3n) is 7.29. The minimum absolute atomic E-state index is 0.0864. The van der Waals surface area contributed by atoms with Crippen LogP contribution >= 0.6 is 0 Å². The molecule has 2 amide bonds. The number of aryl methyl sites for hydroxylation is 2. The van der Waals surface area contributed by atoms with Gasteiger partial charge in [0.05, 0.1) is 24.5 Å². The smallest absolute Gasteiger partial charge is 0.257 e. The molecule has 9 heteroatoms. The van der Waals surface area contributed by atoms with E-state index in [9.17, 15) is 14.0 Å². The van der Waals surface area contributed by atoms with E-state index >= 15 is 0 Å². The molecule has 0 saturated carbocycles. The number of anilines is 1. The van der Waals surface area contributed by atoms with Gasteiger partial charge in [0, 0.05) is 30.6 Å². The second-order valence-corrected chi connectivity index (χ2v) is 10.2. The highest BCUT2D eigenvalue weighted by Gasteiger charge is 2.27. The Balaban J connectivity index is 1.44. The number of hydrogen-bond acceptors (Lipinski definition) is 5. The van der Waals surface area contributed by atoms with E-state index in [1.54, 1.807) is 13.2 Å².